The maximum absolute atomic E-state index is 10.8. The Morgan fingerprint density at radius 2 is 2.22 bits per heavy atom. The molecule has 0 aromatic carbocycles. The highest BCUT2D eigenvalue weighted by Gasteiger charge is 2.56. The summed E-state index contributed by atoms with van der Waals surface area (Å²) in [6, 6.07) is 0. The Bertz CT molecular complexity index is 143. The fourth-order valence-electron chi connectivity index (χ4n) is 0.750. The normalized spacial score (nSPS) is 40.1. The highest BCUT2D eigenvalue weighted by molar-refractivity contribution is 5.82. The van der Waals surface area contributed by atoms with E-state index in [2.05, 4.69) is 4.74 Å². The van der Waals surface area contributed by atoms with Crippen LogP contribution >= 0.6 is 0 Å². The average molecular weight is 130 g/mol. The van der Waals surface area contributed by atoms with Gasteiger partial charge in [-0.1, -0.05) is 0 Å². The van der Waals surface area contributed by atoms with Gasteiger partial charge in [0.1, 0.15) is 0 Å². The predicted molar refractivity (Wildman–Crippen MR) is 31.0 cm³/mol. The van der Waals surface area contributed by atoms with E-state index in [0.717, 1.165) is 0 Å². The van der Waals surface area contributed by atoms with E-state index < -0.39 is 5.60 Å². The van der Waals surface area contributed by atoms with Gasteiger partial charge in [0.15, 0.2) is 5.60 Å². The molecule has 0 aliphatic carbocycles. The molecule has 1 saturated heterocycles. The lowest BCUT2D eigenvalue weighted by Gasteiger charge is -2.00. The van der Waals surface area contributed by atoms with Gasteiger partial charge in [0.2, 0.25) is 0 Å². The van der Waals surface area contributed by atoms with Crippen LogP contribution in [-0.4, -0.2) is 24.8 Å². The van der Waals surface area contributed by atoms with Crippen LogP contribution in [0.2, 0.25) is 0 Å². The molecule has 3 nitrogen and oxygen atoms in total. The molecule has 1 aliphatic heterocycles. The predicted octanol–water partition coefficient (Wildman–Crippen LogP) is 0.337. The minimum Gasteiger partial charge on any atom is -0.467 e. The molecule has 0 spiro atoms. The largest absolute Gasteiger partial charge is 0.467 e. The van der Waals surface area contributed by atoms with Gasteiger partial charge in [0.05, 0.1) is 13.2 Å². The number of epoxide rings is 1. The molecule has 2 atom stereocenters. The summed E-state index contributed by atoms with van der Waals surface area (Å²) in [4.78, 5) is 10.8. The molecule has 3 heteroatoms. The van der Waals surface area contributed by atoms with Crippen molar-refractivity contribution >= 4 is 5.97 Å². The zero-order chi connectivity index (χ0) is 7.07. The van der Waals surface area contributed by atoms with E-state index in [-0.39, 0.29) is 12.1 Å². The van der Waals surface area contributed by atoms with Gasteiger partial charge >= 0.3 is 5.97 Å². The Hall–Kier alpha value is -0.570. The Labute approximate surface area is 53.9 Å². The molecule has 1 heterocycles. The van der Waals surface area contributed by atoms with Crippen LogP contribution in [0.5, 0.6) is 0 Å². The SMILES string of the molecule is COC(=O)C1(C)OC1C. The van der Waals surface area contributed by atoms with E-state index >= 15 is 0 Å². The average Bonchev–Trinajstić information content (AvgIpc) is 2.41. The molecule has 0 amide bonds. The maximum Gasteiger partial charge on any atom is 0.340 e. The van der Waals surface area contributed by atoms with E-state index in [4.69, 9.17) is 4.74 Å². The number of hydrogen-bond donors (Lipinski definition) is 0. The molecular weight excluding hydrogens is 120 g/mol. The zero-order valence-corrected chi connectivity index (χ0v) is 5.80. The van der Waals surface area contributed by atoms with Crippen molar-refractivity contribution in [1.29, 1.82) is 0 Å². The van der Waals surface area contributed by atoms with Gasteiger partial charge in [-0.05, 0) is 13.8 Å². The third-order valence-corrected chi connectivity index (χ3v) is 1.73. The minimum atomic E-state index is -0.644. The van der Waals surface area contributed by atoms with Crippen molar-refractivity contribution in [2.24, 2.45) is 0 Å². The van der Waals surface area contributed by atoms with Gasteiger partial charge in [-0.15, -0.1) is 0 Å². The molecule has 1 aliphatic rings. The van der Waals surface area contributed by atoms with Gasteiger partial charge in [-0.25, -0.2) is 4.79 Å². The van der Waals surface area contributed by atoms with Crippen molar-refractivity contribution in [3.63, 3.8) is 0 Å². The standard InChI is InChI=1S/C6H10O3/c1-4-6(2,9-4)5(7)8-3/h4H,1-3H3. The fraction of sp³-hybridized carbons (Fsp3) is 0.833. The zero-order valence-electron chi connectivity index (χ0n) is 5.80. The van der Waals surface area contributed by atoms with E-state index in [1.54, 1.807) is 6.92 Å². The van der Waals surface area contributed by atoms with Gasteiger partial charge < -0.3 is 9.47 Å². The Morgan fingerprint density at radius 3 is 2.33 bits per heavy atom. The first-order valence-corrected chi connectivity index (χ1v) is 2.87. The van der Waals surface area contributed by atoms with Crippen LogP contribution in [0.3, 0.4) is 0 Å². The molecule has 2 unspecified atom stereocenters. The summed E-state index contributed by atoms with van der Waals surface area (Å²) < 4.78 is 9.47. The maximum atomic E-state index is 10.8. The first-order chi connectivity index (χ1) is 4.11. The van der Waals surface area contributed by atoms with Crippen LogP contribution < -0.4 is 0 Å². The lowest BCUT2D eigenvalue weighted by Crippen LogP contribution is -2.23. The van der Waals surface area contributed by atoms with Gasteiger partial charge in [-0.2, -0.15) is 0 Å². The van der Waals surface area contributed by atoms with Gasteiger partial charge in [0.25, 0.3) is 0 Å². The monoisotopic (exact) mass is 130 g/mol. The van der Waals surface area contributed by atoms with Crippen molar-refractivity contribution in [1.82, 2.24) is 0 Å². The summed E-state index contributed by atoms with van der Waals surface area (Å²) in [5.41, 5.74) is -0.644. The van der Waals surface area contributed by atoms with E-state index in [9.17, 15) is 4.79 Å². The fourth-order valence-corrected chi connectivity index (χ4v) is 0.750. The molecule has 9 heavy (non-hydrogen) atoms. The van der Waals surface area contributed by atoms with Crippen LogP contribution in [0.1, 0.15) is 13.8 Å². The van der Waals surface area contributed by atoms with E-state index in [1.165, 1.54) is 7.11 Å². The van der Waals surface area contributed by atoms with Crippen LogP contribution in [-0.2, 0) is 14.3 Å². The molecule has 0 aromatic heterocycles. The summed E-state index contributed by atoms with van der Waals surface area (Å²) in [5.74, 6) is -0.282. The summed E-state index contributed by atoms with van der Waals surface area (Å²) in [5, 5.41) is 0. The molecule has 0 saturated carbocycles. The van der Waals surface area contributed by atoms with Crippen LogP contribution in [0.15, 0.2) is 0 Å². The lowest BCUT2D eigenvalue weighted by atomic mass is 10.1. The second kappa shape index (κ2) is 1.70. The molecule has 0 radical (unpaired) electrons. The summed E-state index contributed by atoms with van der Waals surface area (Å²) in [6.07, 6.45) is 0.0185. The Morgan fingerprint density at radius 1 is 1.78 bits per heavy atom. The van der Waals surface area contributed by atoms with E-state index in [1.807, 2.05) is 6.92 Å². The minimum absolute atomic E-state index is 0.0185. The number of carbonyl (C=O) groups is 1. The van der Waals surface area contributed by atoms with Crippen LogP contribution in [0, 0.1) is 0 Å². The molecule has 0 N–H and O–H groups in total. The van der Waals surface area contributed by atoms with Gasteiger partial charge in [0, 0.05) is 0 Å². The second-order valence-corrected chi connectivity index (χ2v) is 2.36. The molecule has 0 bridgehead atoms. The smallest absolute Gasteiger partial charge is 0.340 e. The summed E-state index contributed by atoms with van der Waals surface area (Å²) >= 11 is 0. The van der Waals surface area contributed by atoms with Crippen LogP contribution in [0.25, 0.3) is 0 Å². The van der Waals surface area contributed by atoms with E-state index in [0.29, 0.717) is 0 Å². The number of hydrogen-bond acceptors (Lipinski definition) is 3. The third-order valence-electron chi connectivity index (χ3n) is 1.73. The topological polar surface area (TPSA) is 38.8 Å². The van der Waals surface area contributed by atoms with Crippen LogP contribution in [0.4, 0.5) is 0 Å². The first kappa shape index (κ1) is 6.55. The quantitative estimate of drug-likeness (QED) is 0.379. The highest BCUT2D eigenvalue weighted by atomic mass is 16.7. The number of rotatable bonds is 1. The molecule has 1 fully saturated rings. The lowest BCUT2D eigenvalue weighted by molar-refractivity contribution is -0.146. The first-order valence-electron chi connectivity index (χ1n) is 2.87. The van der Waals surface area contributed by atoms with Crippen molar-refractivity contribution in [2.75, 3.05) is 7.11 Å². The number of carbonyl (C=O) groups excluding carboxylic acids is 1. The Balaban J connectivity index is 2.53. The molecule has 1 rings (SSSR count). The Kier molecular flexibility index (Phi) is 1.24. The number of esters is 1. The third kappa shape index (κ3) is 0.812. The van der Waals surface area contributed by atoms with Crippen molar-refractivity contribution in [3.8, 4) is 0 Å². The van der Waals surface area contributed by atoms with Crippen molar-refractivity contribution < 1.29 is 14.3 Å². The molecule has 0 aromatic rings. The highest BCUT2D eigenvalue weighted by Crippen LogP contribution is 2.36. The van der Waals surface area contributed by atoms with Gasteiger partial charge in [-0.3, -0.25) is 0 Å². The number of ether oxygens (including phenoxy) is 2. The summed E-state index contributed by atoms with van der Waals surface area (Å²) in [7, 11) is 1.36. The molecule has 52 valence electrons. The summed E-state index contributed by atoms with van der Waals surface area (Å²) in [6.45, 7) is 3.57. The number of methoxy groups -OCH3 is 1. The van der Waals surface area contributed by atoms with Crippen molar-refractivity contribution in [2.45, 2.75) is 25.6 Å². The van der Waals surface area contributed by atoms with Crippen molar-refractivity contribution in [3.05, 3.63) is 0 Å². The molecular formula is C6H10O3. The second-order valence-electron chi connectivity index (χ2n) is 2.36.